The van der Waals surface area contributed by atoms with Gasteiger partial charge in [0.2, 0.25) is 0 Å². The highest BCUT2D eigenvalue weighted by Crippen LogP contribution is 2.25. The average Bonchev–Trinajstić information content (AvgIpc) is 3.31. The Balaban J connectivity index is 1.74. The van der Waals surface area contributed by atoms with E-state index in [1.54, 1.807) is 41.7 Å². The minimum Gasteiger partial charge on any atom is -0.454 e. The summed E-state index contributed by atoms with van der Waals surface area (Å²) >= 11 is 3.00. The van der Waals surface area contributed by atoms with Crippen LogP contribution in [0.1, 0.15) is 20.1 Å². The van der Waals surface area contributed by atoms with Crippen molar-refractivity contribution in [3.63, 3.8) is 0 Å². The first-order chi connectivity index (χ1) is 11.7. The van der Waals surface area contributed by atoms with Gasteiger partial charge in [-0.05, 0) is 29.0 Å². The van der Waals surface area contributed by atoms with Crippen molar-refractivity contribution in [2.45, 2.75) is 0 Å². The third kappa shape index (κ3) is 4.07. The number of carbonyl (C=O) groups excluding carboxylic acids is 2. The van der Waals surface area contributed by atoms with E-state index in [9.17, 15) is 9.59 Å². The number of hydrogen-bond donors (Lipinski definition) is 0. The molecule has 0 atom stereocenters. The van der Waals surface area contributed by atoms with Crippen LogP contribution in [0.4, 0.5) is 0 Å². The maximum Gasteiger partial charge on any atom is 0.340 e. The maximum absolute atomic E-state index is 12.5. The predicted octanol–water partition coefficient (Wildman–Crippen LogP) is 4.78. The molecule has 24 heavy (non-hydrogen) atoms. The van der Waals surface area contributed by atoms with Crippen molar-refractivity contribution in [2.24, 2.45) is 0 Å². The predicted molar refractivity (Wildman–Crippen MR) is 98.2 cm³/mol. The molecule has 0 aliphatic carbocycles. The van der Waals surface area contributed by atoms with Gasteiger partial charge in [-0.1, -0.05) is 42.5 Å². The Labute approximate surface area is 147 Å². The van der Waals surface area contributed by atoms with Gasteiger partial charge in [0.25, 0.3) is 0 Å². The lowest BCUT2D eigenvalue weighted by atomic mass is 10.1. The highest BCUT2D eigenvalue weighted by molar-refractivity contribution is 7.12. The number of rotatable bonds is 6. The second-order valence-electron chi connectivity index (χ2n) is 4.92. The Kier molecular flexibility index (Phi) is 5.36. The van der Waals surface area contributed by atoms with Crippen LogP contribution in [0.25, 0.3) is 11.6 Å². The van der Waals surface area contributed by atoms with Gasteiger partial charge in [-0.15, -0.1) is 22.7 Å². The maximum atomic E-state index is 12.5. The summed E-state index contributed by atoms with van der Waals surface area (Å²) in [5, 5.41) is 3.85. The van der Waals surface area contributed by atoms with Crippen molar-refractivity contribution in [3.8, 4) is 0 Å². The van der Waals surface area contributed by atoms with Gasteiger partial charge in [-0.3, -0.25) is 4.79 Å². The fourth-order valence-corrected chi connectivity index (χ4v) is 3.48. The number of benzene rings is 1. The fraction of sp³-hybridized carbons (Fsp3) is 0.0526. The summed E-state index contributed by atoms with van der Waals surface area (Å²) in [6.07, 6.45) is 1.80. The molecular formula is C19H14O3S2. The molecule has 0 amide bonds. The highest BCUT2D eigenvalue weighted by Gasteiger charge is 2.17. The van der Waals surface area contributed by atoms with Crippen molar-refractivity contribution in [3.05, 3.63) is 80.7 Å². The van der Waals surface area contributed by atoms with E-state index in [1.165, 1.54) is 11.3 Å². The summed E-state index contributed by atoms with van der Waals surface area (Å²) in [5.74, 6) is -0.708. The molecule has 3 nitrogen and oxygen atoms in total. The number of esters is 1. The van der Waals surface area contributed by atoms with Gasteiger partial charge in [0.15, 0.2) is 12.4 Å². The van der Waals surface area contributed by atoms with Crippen LogP contribution in [0.15, 0.2) is 65.4 Å². The molecule has 0 aliphatic rings. The lowest BCUT2D eigenvalue weighted by molar-refractivity contribution is -0.135. The first-order valence-corrected chi connectivity index (χ1v) is 9.04. The van der Waals surface area contributed by atoms with Crippen LogP contribution in [0.2, 0.25) is 0 Å². The van der Waals surface area contributed by atoms with E-state index >= 15 is 0 Å². The second kappa shape index (κ2) is 7.86. The van der Waals surface area contributed by atoms with Crippen molar-refractivity contribution >= 4 is 46.1 Å². The van der Waals surface area contributed by atoms with Gasteiger partial charge in [-0.25, -0.2) is 4.79 Å². The zero-order chi connectivity index (χ0) is 16.8. The summed E-state index contributed by atoms with van der Waals surface area (Å²) in [6.45, 7) is -0.268. The minimum atomic E-state index is -0.491. The molecule has 0 saturated carbocycles. The van der Waals surface area contributed by atoms with Crippen molar-refractivity contribution in [1.29, 1.82) is 0 Å². The molecule has 0 aliphatic heterocycles. The van der Waals surface area contributed by atoms with Crippen LogP contribution < -0.4 is 0 Å². The molecule has 3 aromatic rings. The smallest absolute Gasteiger partial charge is 0.340 e. The van der Waals surface area contributed by atoms with Gasteiger partial charge in [0, 0.05) is 15.3 Å². The molecule has 0 spiro atoms. The Morgan fingerprint density at radius 3 is 2.33 bits per heavy atom. The van der Waals surface area contributed by atoms with Crippen LogP contribution >= 0.6 is 22.7 Å². The summed E-state index contributed by atoms with van der Waals surface area (Å²) < 4.78 is 5.25. The number of carbonyl (C=O) groups is 2. The SMILES string of the molecule is O=C(OCC(=O)c1ccccc1)/C(=C/c1cccs1)c1cccs1. The topological polar surface area (TPSA) is 43.4 Å². The number of thiophene rings is 2. The molecule has 2 heterocycles. The van der Waals surface area contributed by atoms with E-state index in [4.69, 9.17) is 4.74 Å². The van der Waals surface area contributed by atoms with Crippen LogP contribution in [0.3, 0.4) is 0 Å². The normalized spacial score (nSPS) is 11.2. The van der Waals surface area contributed by atoms with E-state index in [0.717, 1.165) is 9.75 Å². The van der Waals surface area contributed by atoms with Gasteiger partial charge in [0.05, 0.1) is 5.57 Å². The Morgan fingerprint density at radius 1 is 0.917 bits per heavy atom. The zero-order valence-electron chi connectivity index (χ0n) is 12.7. The minimum absolute atomic E-state index is 0.217. The monoisotopic (exact) mass is 354 g/mol. The Bertz CT molecular complexity index is 832. The number of hydrogen-bond acceptors (Lipinski definition) is 5. The first-order valence-electron chi connectivity index (χ1n) is 7.28. The van der Waals surface area contributed by atoms with E-state index < -0.39 is 5.97 Å². The summed E-state index contributed by atoms with van der Waals surface area (Å²) in [6, 6.07) is 16.4. The third-order valence-electron chi connectivity index (χ3n) is 3.27. The first kappa shape index (κ1) is 16.4. The molecule has 0 radical (unpaired) electrons. The van der Waals surface area contributed by atoms with Gasteiger partial charge >= 0.3 is 5.97 Å². The quantitative estimate of drug-likeness (QED) is 0.364. The Morgan fingerprint density at radius 2 is 1.67 bits per heavy atom. The molecule has 5 heteroatoms. The molecular weight excluding hydrogens is 340 g/mol. The summed E-state index contributed by atoms with van der Waals surface area (Å²) in [4.78, 5) is 26.3. The zero-order valence-corrected chi connectivity index (χ0v) is 14.3. The van der Waals surface area contributed by atoms with Crippen molar-refractivity contribution in [1.82, 2.24) is 0 Å². The largest absolute Gasteiger partial charge is 0.454 e. The van der Waals surface area contributed by atoms with Gasteiger partial charge in [-0.2, -0.15) is 0 Å². The molecule has 3 rings (SSSR count). The molecule has 0 saturated heterocycles. The van der Waals surface area contributed by atoms with Crippen molar-refractivity contribution in [2.75, 3.05) is 6.61 Å². The summed E-state index contributed by atoms with van der Waals surface area (Å²) in [7, 11) is 0. The summed E-state index contributed by atoms with van der Waals surface area (Å²) in [5.41, 5.74) is 0.999. The number of ether oxygens (including phenoxy) is 1. The van der Waals surface area contributed by atoms with Gasteiger partial charge in [0.1, 0.15) is 0 Å². The standard InChI is InChI=1S/C19H14O3S2/c20-17(14-6-2-1-3-7-14)13-22-19(21)16(18-9-5-11-24-18)12-15-8-4-10-23-15/h1-12H,13H2/b16-12+. The van der Waals surface area contributed by atoms with E-state index in [-0.39, 0.29) is 12.4 Å². The lowest BCUT2D eigenvalue weighted by Crippen LogP contribution is -2.14. The third-order valence-corrected chi connectivity index (χ3v) is 4.99. The molecule has 0 bridgehead atoms. The van der Waals surface area contributed by atoms with Crippen LogP contribution in [-0.2, 0) is 9.53 Å². The molecule has 120 valence electrons. The molecule has 0 fully saturated rings. The average molecular weight is 354 g/mol. The van der Waals surface area contributed by atoms with Crippen molar-refractivity contribution < 1.29 is 14.3 Å². The molecule has 0 N–H and O–H groups in total. The number of ketones is 1. The number of Topliss-reactive ketones (excluding diaryl/α,β-unsaturated/α-hetero) is 1. The molecule has 2 aromatic heterocycles. The van der Waals surface area contributed by atoms with Crippen LogP contribution in [-0.4, -0.2) is 18.4 Å². The highest BCUT2D eigenvalue weighted by atomic mass is 32.1. The van der Waals surface area contributed by atoms with Gasteiger partial charge < -0.3 is 4.74 Å². The van der Waals surface area contributed by atoms with E-state index in [2.05, 4.69) is 0 Å². The molecule has 0 unspecified atom stereocenters. The van der Waals surface area contributed by atoms with Crippen LogP contribution in [0.5, 0.6) is 0 Å². The van der Waals surface area contributed by atoms with Crippen LogP contribution in [0, 0.1) is 0 Å². The van der Waals surface area contributed by atoms with E-state index in [0.29, 0.717) is 11.1 Å². The Hall–Kier alpha value is -2.50. The second-order valence-corrected chi connectivity index (χ2v) is 6.84. The lowest BCUT2D eigenvalue weighted by Gasteiger charge is -2.07. The fourth-order valence-electron chi connectivity index (χ4n) is 2.09. The molecule has 1 aromatic carbocycles. The van der Waals surface area contributed by atoms with E-state index in [1.807, 2.05) is 41.1 Å².